The van der Waals surface area contributed by atoms with E-state index in [1.54, 1.807) is 4.42 Å². The average molecular weight is 308 g/mol. The van der Waals surface area contributed by atoms with Gasteiger partial charge in [0, 0.05) is 29.5 Å². The molecule has 7 nitrogen and oxygen atoms in total. The number of quaternary nitrogens is 1. The van der Waals surface area contributed by atoms with E-state index >= 15 is 0 Å². The number of nitrogens with zero attached hydrogens (tertiary/aromatic N) is 3. The van der Waals surface area contributed by atoms with Crippen molar-refractivity contribution in [3.05, 3.63) is 35.7 Å². The molecule has 3 aliphatic rings. The maximum Gasteiger partial charge on any atom is 0.234 e. The third-order valence-corrected chi connectivity index (χ3v) is 4.02. The Kier molecular flexibility index (Phi) is 2.99. The van der Waals surface area contributed by atoms with Crippen LogP contribution in [-0.4, -0.2) is 38.7 Å². The van der Waals surface area contributed by atoms with Gasteiger partial charge in [-0.25, -0.2) is 4.90 Å². The number of halogens is 1. The maximum atomic E-state index is 9.23. The molecule has 0 bridgehead atoms. The van der Waals surface area contributed by atoms with E-state index in [-0.39, 0.29) is 6.61 Å². The number of H-pyrrole nitrogens is 1. The van der Waals surface area contributed by atoms with Gasteiger partial charge in [-0.15, -0.1) is 0 Å². The molecule has 0 amide bonds. The van der Waals surface area contributed by atoms with Gasteiger partial charge < -0.3 is 5.11 Å². The molecule has 0 spiro atoms. The summed E-state index contributed by atoms with van der Waals surface area (Å²) in [6.45, 7) is 0.451. The number of rotatable bonds is 4. The Morgan fingerprint density at radius 3 is 3.14 bits per heavy atom. The van der Waals surface area contributed by atoms with Crippen molar-refractivity contribution in [1.82, 2.24) is 14.6 Å². The Hall–Kier alpha value is -1.83. The van der Waals surface area contributed by atoms with E-state index in [4.69, 9.17) is 11.8 Å². The predicted octanol–water partition coefficient (Wildman–Crippen LogP) is 0.0980. The fraction of sp³-hybridized carbons (Fsp3) is 0.385. The molecule has 3 heterocycles. The van der Waals surface area contributed by atoms with Gasteiger partial charge in [-0.2, -0.15) is 10.1 Å². The lowest BCUT2D eigenvalue weighted by Gasteiger charge is -2.23. The van der Waals surface area contributed by atoms with Gasteiger partial charge in [0.1, 0.15) is 18.4 Å². The normalized spacial score (nSPS) is 24.4. The van der Waals surface area contributed by atoms with Crippen LogP contribution >= 0.6 is 11.8 Å². The zero-order valence-corrected chi connectivity index (χ0v) is 12.1. The lowest BCUT2D eigenvalue weighted by atomic mass is 10.3. The van der Waals surface area contributed by atoms with Gasteiger partial charge >= 0.3 is 0 Å². The number of amidine groups is 1. The molecule has 1 aliphatic carbocycles. The molecular formula is C13H16ClN6O+. The minimum absolute atomic E-state index is 0.0726. The summed E-state index contributed by atoms with van der Waals surface area (Å²) in [6, 6.07) is 2.04. The summed E-state index contributed by atoms with van der Waals surface area (Å²) in [5, 5.41) is 19.9. The molecular weight excluding hydrogens is 292 g/mol. The second-order valence-corrected chi connectivity index (χ2v) is 5.91. The molecule has 1 unspecified atom stereocenters. The van der Waals surface area contributed by atoms with Crippen LogP contribution in [0.3, 0.4) is 0 Å². The number of fused-ring (bicyclic) bond motifs is 1. The van der Waals surface area contributed by atoms with Crippen LogP contribution in [0.25, 0.3) is 0 Å². The summed E-state index contributed by atoms with van der Waals surface area (Å²) in [5.74, 6) is 3.10. The minimum Gasteiger partial charge on any atom is -0.390 e. The molecule has 1 aromatic rings. The highest BCUT2D eigenvalue weighted by Crippen LogP contribution is 2.39. The van der Waals surface area contributed by atoms with E-state index in [0.717, 1.165) is 22.4 Å². The van der Waals surface area contributed by atoms with E-state index in [1.807, 2.05) is 18.5 Å². The first-order valence-electron chi connectivity index (χ1n) is 6.96. The number of anilines is 1. The Bertz CT molecular complexity index is 659. The summed E-state index contributed by atoms with van der Waals surface area (Å²) in [6.07, 6.45) is 6.16. The number of hydrogen-bond donors (Lipinski definition) is 4. The Labute approximate surface area is 126 Å². The van der Waals surface area contributed by atoms with Gasteiger partial charge in [0.05, 0.1) is 12.8 Å². The zero-order valence-electron chi connectivity index (χ0n) is 11.3. The quantitative estimate of drug-likeness (QED) is 0.595. The van der Waals surface area contributed by atoms with Gasteiger partial charge in [-0.1, -0.05) is 0 Å². The first-order valence-corrected chi connectivity index (χ1v) is 7.30. The first-order chi connectivity index (χ1) is 10.2. The van der Waals surface area contributed by atoms with E-state index in [9.17, 15) is 5.11 Å². The van der Waals surface area contributed by atoms with E-state index in [2.05, 4.69) is 20.5 Å². The molecule has 1 fully saturated rings. The standard InChI is InChI=1S/C13H15ClN6O/c14-19-5-12-15-9(7-21)4-20(12)13(6-19)16-11-3-10(17-18-11)8-1-2-8/h3-4,6,8,21H,1-2,5,7H2,(H2,16,17,18)/p+1. The third-order valence-electron chi connectivity index (χ3n) is 3.80. The van der Waals surface area contributed by atoms with E-state index in [1.165, 1.54) is 18.5 Å². The molecule has 0 radical (unpaired) electrons. The molecule has 1 atom stereocenters. The van der Waals surface area contributed by atoms with Gasteiger partial charge in [-0.05, 0) is 12.8 Å². The lowest BCUT2D eigenvalue weighted by molar-refractivity contribution is -0.700. The van der Waals surface area contributed by atoms with Crippen LogP contribution in [-0.2, 0) is 0 Å². The second-order valence-electron chi connectivity index (χ2n) is 5.47. The number of nitrogens with one attached hydrogen (secondary N) is 3. The van der Waals surface area contributed by atoms with Crippen molar-refractivity contribution >= 4 is 23.4 Å². The highest BCUT2D eigenvalue weighted by molar-refractivity contribution is 6.15. The number of aromatic amines is 1. The highest BCUT2D eigenvalue weighted by Gasteiger charge is 2.34. The van der Waals surface area contributed by atoms with Crippen molar-refractivity contribution in [3.8, 4) is 0 Å². The van der Waals surface area contributed by atoms with Crippen molar-refractivity contribution < 1.29 is 10.0 Å². The van der Waals surface area contributed by atoms with Crippen molar-refractivity contribution in [1.29, 1.82) is 0 Å². The largest absolute Gasteiger partial charge is 0.390 e. The predicted molar refractivity (Wildman–Crippen MR) is 78.4 cm³/mol. The minimum atomic E-state index is -0.0726. The van der Waals surface area contributed by atoms with Crippen molar-refractivity contribution in [3.63, 3.8) is 0 Å². The number of aromatic nitrogens is 2. The molecule has 0 aromatic carbocycles. The van der Waals surface area contributed by atoms with E-state index in [0.29, 0.717) is 18.2 Å². The number of aliphatic imine (C=N–C) groups is 1. The van der Waals surface area contributed by atoms with Crippen LogP contribution in [0, 0.1) is 0 Å². The second kappa shape index (κ2) is 4.87. The van der Waals surface area contributed by atoms with Crippen molar-refractivity contribution in [2.45, 2.75) is 18.8 Å². The summed E-state index contributed by atoms with van der Waals surface area (Å²) in [4.78, 5) is 5.33. The summed E-state index contributed by atoms with van der Waals surface area (Å²) < 4.78 is 1.55. The van der Waals surface area contributed by atoms with Crippen LogP contribution in [0.4, 0.5) is 5.82 Å². The molecule has 2 aliphatic heterocycles. The van der Waals surface area contributed by atoms with Crippen LogP contribution in [0.15, 0.2) is 35.0 Å². The van der Waals surface area contributed by atoms with Crippen LogP contribution < -0.4 is 10.2 Å². The van der Waals surface area contributed by atoms with Gasteiger partial charge in [0.25, 0.3) is 0 Å². The fourth-order valence-corrected chi connectivity index (χ4v) is 2.80. The SMILES string of the molecule is OCC1=C[NH+]2C(Nc3cc(C4CC4)[nH]n3)=CN(Cl)CC2=N1. The zero-order chi connectivity index (χ0) is 14.4. The van der Waals surface area contributed by atoms with Crippen molar-refractivity contribution in [2.24, 2.45) is 4.99 Å². The fourth-order valence-electron chi connectivity index (χ4n) is 2.59. The van der Waals surface area contributed by atoms with Crippen LogP contribution in [0.5, 0.6) is 0 Å². The Balaban J connectivity index is 1.57. The van der Waals surface area contributed by atoms with Gasteiger partial charge in [0.2, 0.25) is 11.7 Å². The van der Waals surface area contributed by atoms with Crippen molar-refractivity contribution in [2.75, 3.05) is 18.5 Å². The smallest absolute Gasteiger partial charge is 0.234 e. The maximum absolute atomic E-state index is 9.23. The van der Waals surface area contributed by atoms with Gasteiger partial charge in [-0.3, -0.25) is 14.8 Å². The van der Waals surface area contributed by atoms with Crippen LogP contribution in [0.1, 0.15) is 24.5 Å². The summed E-state index contributed by atoms with van der Waals surface area (Å²) >= 11 is 6.11. The average Bonchev–Trinajstić information content (AvgIpc) is 3.06. The molecule has 1 aromatic heterocycles. The lowest BCUT2D eigenvalue weighted by Crippen LogP contribution is -3.10. The Morgan fingerprint density at radius 1 is 1.52 bits per heavy atom. The number of aliphatic hydroxyl groups excluding tert-OH is 1. The number of hydrogen-bond acceptors (Lipinski definition) is 5. The molecule has 1 saturated carbocycles. The van der Waals surface area contributed by atoms with E-state index < -0.39 is 0 Å². The Morgan fingerprint density at radius 2 is 2.38 bits per heavy atom. The third kappa shape index (κ3) is 2.44. The topological polar surface area (TPSA) is 81.0 Å². The molecule has 4 rings (SSSR count). The molecule has 0 saturated heterocycles. The number of aliphatic hydroxyl groups is 1. The summed E-state index contributed by atoms with van der Waals surface area (Å²) in [7, 11) is 0. The molecule has 4 N–H and O–H groups in total. The first kappa shape index (κ1) is 12.9. The summed E-state index contributed by atoms with van der Waals surface area (Å²) in [5.41, 5.74) is 1.83. The molecule has 21 heavy (non-hydrogen) atoms. The monoisotopic (exact) mass is 307 g/mol. The van der Waals surface area contributed by atoms with Crippen LogP contribution in [0.2, 0.25) is 0 Å². The highest BCUT2D eigenvalue weighted by atomic mass is 35.5. The molecule has 110 valence electrons. The molecule has 8 heteroatoms. The van der Waals surface area contributed by atoms with Gasteiger partial charge in [0.15, 0.2) is 5.82 Å².